The van der Waals surface area contributed by atoms with Crippen LogP contribution in [0, 0.1) is 6.92 Å². The van der Waals surface area contributed by atoms with Crippen LogP contribution in [0.4, 0.5) is 5.82 Å². The summed E-state index contributed by atoms with van der Waals surface area (Å²) in [7, 11) is 0. The van der Waals surface area contributed by atoms with E-state index in [1.807, 2.05) is 6.92 Å². The molecule has 0 aliphatic carbocycles. The van der Waals surface area contributed by atoms with Gasteiger partial charge in [0.15, 0.2) is 0 Å². The number of hydrogen-bond donors (Lipinski definition) is 2. The van der Waals surface area contributed by atoms with Gasteiger partial charge in [0.05, 0.1) is 11.9 Å². The Morgan fingerprint density at radius 3 is 2.92 bits per heavy atom. The lowest BCUT2D eigenvalue weighted by atomic mass is 10.0. The van der Waals surface area contributed by atoms with Gasteiger partial charge in [0.1, 0.15) is 11.5 Å². The highest BCUT2D eigenvalue weighted by molar-refractivity contribution is 5.91. The first-order valence-corrected chi connectivity index (χ1v) is 8.03. The normalized spacial score (nSPS) is 17.5. The molecule has 0 bridgehead atoms. The number of aryl methyl sites for hydroxylation is 1. The van der Waals surface area contributed by atoms with Crippen LogP contribution in [0.5, 0.6) is 0 Å². The maximum absolute atomic E-state index is 12.2. The molecule has 2 N–H and O–H groups in total. The van der Waals surface area contributed by atoms with Crippen LogP contribution in [-0.2, 0) is 0 Å². The maximum atomic E-state index is 12.2. The number of nitrogens with one attached hydrogen (secondary N) is 2. The van der Waals surface area contributed by atoms with Crippen LogP contribution in [-0.4, -0.2) is 45.2 Å². The number of rotatable bonds is 4. The molecule has 0 saturated carbocycles. The van der Waals surface area contributed by atoms with Gasteiger partial charge in [-0.3, -0.25) is 14.6 Å². The SMILES string of the molecule is Cc1cnc(C(=O)NCC2CCCCN2c2ccc(=O)[nH]n2)cn1. The summed E-state index contributed by atoms with van der Waals surface area (Å²) in [5, 5.41) is 9.48. The van der Waals surface area contributed by atoms with E-state index in [9.17, 15) is 9.59 Å². The second kappa shape index (κ2) is 7.20. The molecule has 24 heavy (non-hydrogen) atoms. The van der Waals surface area contributed by atoms with Crippen molar-refractivity contribution >= 4 is 11.7 Å². The molecule has 8 heteroatoms. The third kappa shape index (κ3) is 3.76. The van der Waals surface area contributed by atoms with Crippen molar-refractivity contribution in [3.8, 4) is 0 Å². The largest absolute Gasteiger partial charge is 0.350 e. The Hall–Kier alpha value is -2.77. The van der Waals surface area contributed by atoms with Gasteiger partial charge in [-0.05, 0) is 32.3 Å². The minimum absolute atomic E-state index is 0.138. The molecule has 0 aromatic carbocycles. The Kier molecular flexibility index (Phi) is 4.83. The lowest BCUT2D eigenvalue weighted by molar-refractivity contribution is 0.0944. The third-order valence-corrected chi connectivity index (χ3v) is 4.10. The van der Waals surface area contributed by atoms with E-state index in [4.69, 9.17) is 0 Å². The molecule has 8 nitrogen and oxygen atoms in total. The molecule has 126 valence electrons. The first-order valence-electron chi connectivity index (χ1n) is 8.03. The van der Waals surface area contributed by atoms with Crippen molar-refractivity contribution in [3.63, 3.8) is 0 Å². The van der Waals surface area contributed by atoms with Crippen molar-refractivity contribution < 1.29 is 4.79 Å². The number of nitrogens with zero attached hydrogens (tertiary/aromatic N) is 4. The molecular weight excluding hydrogens is 308 g/mol. The Morgan fingerprint density at radius 1 is 1.33 bits per heavy atom. The summed E-state index contributed by atoms with van der Waals surface area (Å²) in [6, 6.07) is 3.32. The molecule has 1 amide bonds. The number of aromatic amines is 1. The molecular formula is C16H20N6O2. The van der Waals surface area contributed by atoms with Gasteiger partial charge in [0, 0.05) is 31.4 Å². The highest BCUT2D eigenvalue weighted by Crippen LogP contribution is 2.21. The fourth-order valence-electron chi connectivity index (χ4n) is 2.82. The zero-order valence-electron chi connectivity index (χ0n) is 13.5. The lowest BCUT2D eigenvalue weighted by Crippen LogP contribution is -2.47. The molecule has 1 aliphatic rings. The van der Waals surface area contributed by atoms with Gasteiger partial charge >= 0.3 is 0 Å². The van der Waals surface area contributed by atoms with E-state index >= 15 is 0 Å². The van der Waals surface area contributed by atoms with Crippen LogP contribution < -0.4 is 15.8 Å². The van der Waals surface area contributed by atoms with Crippen molar-refractivity contribution in [1.82, 2.24) is 25.5 Å². The fraction of sp³-hybridized carbons (Fsp3) is 0.438. The van der Waals surface area contributed by atoms with Crippen LogP contribution in [0.3, 0.4) is 0 Å². The van der Waals surface area contributed by atoms with Crippen molar-refractivity contribution in [2.75, 3.05) is 18.0 Å². The third-order valence-electron chi connectivity index (χ3n) is 4.10. The second-order valence-corrected chi connectivity index (χ2v) is 5.88. The van der Waals surface area contributed by atoms with Crippen molar-refractivity contribution in [3.05, 3.63) is 46.3 Å². The van der Waals surface area contributed by atoms with Gasteiger partial charge in [-0.2, -0.15) is 5.10 Å². The summed E-state index contributed by atoms with van der Waals surface area (Å²) in [5.41, 5.74) is 0.859. The number of H-pyrrole nitrogens is 1. The van der Waals surface area contributed by atoms with Gasteiger partial charge in [-0.1, -0.05) is 0 Å². The Balaban J connectivity index is 1.65. The molecule has 0 spiro atoms. The maximum Gasteiger partial charge on any atom is 0.271 e. The van der Waals surface area contributed by atoms with Crippen LogP contribution in [0.25, 0.3) is 0 Å². The lowest BCUT2D eigenvalue weighted by Gasteiger charge is -2.36. The Bertz CT molecular complexity index is 737. The molecule has 3 rings (SSSR count). The quantitative estimate of drug-likeness (QED) is 0.854. The van der Waals surface area contributed by atoms with Gasteiger partial charge in [0.2, 0.25) is 0 Å². The number of aromatic nitrogens is 4. The summed E-state index contributed by atoms with van der Waals surface area (Å²) >= 11 is 0. The van der Waals surface area contributed by atoms with E-state index < -0.39 is 0 Å². The average molecular weight is 328 g/mol. The fourth-order valence-corrected chi connectivity index (χ4v) is 2.82. The van der Waals surface area contributed by atoms with Crippen LogP contribution in [0.2, 0.25) is 0 Å². The van der Waals surface area contributed by atoms with E-state index in [0.717, 1.165) is 37.3 Å². The molecule has 1 saturated heterocycles. The monoisotopic (exact) mass is 328 g/mol. The van der Waals surface area contributed by atoms with Crippen molar-refractivity contribution in [1.29, 1.82) is 0 Å². The molecule has 1 unspecified atom stereocenters. The summed E-state index contributed by atoms with van der Waals surface area (Å²) in [4.78, 5) is 33.7. The van der Waals surface area contributed by atoms with Gasteiger partial charge < -0.3 is 10.2 Å². The van der Waals surface area contributed by atoms with Gasteiger partial charge in [0.25, 0.3) is 11.5 Å². The molecule has 2 aromatic rings. The molecule has 1 aliphatic heterocycles. The molecule has 0 radical (unpaired) electrons. The summed E-state index contributed by atoms with van der Waals surface area (Å²) in [5.74, 6) is 0.492. The number of hydrogen-bond acceptors (Lipinski definition) is 6. The van der Waals surface area contributed by atoms with Crippen molar-refractivity contribution in [2.45, 2.75) is 32.2 Å². The standard InChI is InChI=1S/C16H20N6O2/c1-11-8-18-13(10-17-11)16(24)19-9-12-4-2-3-7-22(12)14-5-6-15(23)21-20-14/h5-6,8,10,12H,2-4,7,9H2,1H3,(H,19,24)(H,21,23). The number of carbonyl (C=O) groups is 1. The zero-order valence-corrected chi connectivity index (χ0v) is 13.5. The highest BCUT2D eigenvalue weighted by Gasteiger charge is 2.24. The molecule has 1 fully saturated rings. The predicted octanol–water partition coefficient (Wildman–Crippen LogP) is 0.657. The number of piperidine rings is 1. The molecule has 3 heterocycles. The number of amides is 1. The summed E-state index contributed by atoms with van der Waals surface area (Å²) < 4.78 is 0. The van der Waals surface area contributed by atoms with E-state index in [1.54, 1.807) is 12.3 Å². The summed E-state index contributed by atoms with van der Waals surface area (Å²) in [6.07, 6.45) is 6.18. The smallest absolute Gasteiger partial charge is 0.271 e. The van der Waals surface area contributed by atoms with Crippen LogP contribution in [0.1, 0.15) is 35.4 Å². The molecule has 1 atom stereocenters. The molecule has 2 aromatic heterocycles. The minimum Gasteiger partial charge on any atom is -0.350 e. The van der Waals surface area contributed by atoms with Gasteiger partial charge in [-0.15, -0.1) is 0 Å². The van der Waals surface area contributed by atoms with Crippen LogP contribution in [0.15, 0.2) is 29.3 Å². The topological polar surface area (TPSA) is 104 Å². The number of anilines is 1. The summed E-state index contributed by atoms with van der Waals surface area (Å²) in [6.45, 7) is 3.17. The Morgan fingerprint density at radius 2 is 2.21 bits per heavy atom. The van der Waals surface area contributed by atoms with Crippen molar-refractivity contribution in [2.24, 2.45) is 0 Å². The average Bonchev–Trinajstić information content (AvgIpc) is 2.61. The zero-order chi connectivity index (χ0) is 16.9. The first-order chi connectivity index (χ1) is 11.6. The Labute approximate surface area is 139 Å². The minimum atomic E-state index is -0.234. The number of carbonyl (C=O) groups excluding carboxylic acids is 1. The van der Waals surface area contributed by atoms with E-state index in [2.05, 4.69) is 30.4 Å². The van der Waals surface area contributed by atoms with Crippen LogP contribution >= 0.6 is 0 Å². The second-order valence-electron chi connectivity index (χ2n) is 5.88. The first kappa shape index (κ1) is 16.1. The predicted molar refractivity (Wildman–Crippen MR) is 88.9 cm³/mol. The van der Waals surface area contributed by atoms with E-state index in [-0.39, 0.29) is 17.5 Å². The van der Waals surface area contributed by atoms with E-state index in [1.165, 1.54) is 12.3 Å². The van der Waals surface area contributed by atoms with E-state index in [0.29, 0.717) is 12.2 Å². The van der Waals surface area contributed by atoms with Gasteiger partial charge in [-0.25, -0.2) is 10.1 Å². The highest BCUT2D eigenvalue weighted by atomic mass is 16.2.